The molecule has 2 N–H and O–H groups in total. The fourth-order valence-electron chi connectivity index (χ4n) is 3.97. The molecule has 1 heterocycles. The molecule has 1 aromatic carbocycles. The van der Waals surface area contributed by atoms with E-state index < -0.39 is 17.9 Å². The number of halogens is 1. The molecule has 1 aromatic rings. The SMILES string of the molecule is CC(C(=O)NC(=O)NC1CCCCC1)N1CCN(C(=O)c2ccccc2F)CC1. The highest BCUT2D eigenvalue weighted by Gasteiger charge is 2.29. The van der Waals surface area contributed by atoms with E-state index in [1.165, 1.54) is 18.6 Å². The molecule has 1 saturated carbocycles. The molecular formula is C21H29FN4O3. The van der Waals surface area contributed by atoms with Crippen LogP contribution in [0.15, 0.2) is 24.3 Å². The van der Waals surface area contributed by atoms with E-state index in [9.17, 15) is 18.8 Å². The highest BCUT2D eigenvalue weighted by Crippen LogP contribution is 2.17. The van der Waals surface area contributed by atoms with E-state index in [2.05, 4.69) is 10.6 Å². The van der Waals surface area contributed by atoms with E-state index in [4.69, 9.17) is 0 Å². The zero-order valence-corrected chi connectivity index (χ0v) is 16.8. The van der Waals surface area contributed by atoms with E-state index >= 15 is 0 Å². The highest BCUT2D eigenvalue weighted by molar-refractivity contribution is 5.97. The van der Waals surface area contributed by atoms with Gasteiger partial charge in [0, 0.05) is 32.2 Å². The lowest BCUT2D eigenvalue weighted by atomic mass is 9.96. The number of amides is 4. The molecule has 2 aliphatic rings. The van der Waals surface area contributed by atoms with E-state index in [1.807, 2.05) is 4.90 Å². The van der Waals surface area contributed by atoms with Gasteiger partial charge >= 0.3 is 6.03 Å². The lowest BCUT2D eigenvalue weighted by Crippen LogP contribution is -2.56. The molecule has 1 aliphatic carbocycles. The number of carbonyl (C=O) groups is 3. The monoisotopic (exact) mass is 404 g/mol. The van der Waals surface area contributed by atoms with Crippen molar-refractivity contribution < 1.29 is 18.8 Å². The Morgan fingerprint density at radius 1 is 1.03 bits per heavy atom. The van der Waals surface area contributed by atoms with Crippen molar-refractivity contribution >= 4 is 17.8 Å². The molecule has 0 radical (unpaired) electrons. The minimum absolute atomic E-state index is 0.0612. The number of urea groups is 1. The smallest absolute Gasteiger partial charge is 0.321 e. The molecule has 1 saturated heterocycles. The Labute approximate surface area is 170 Å². The molecule has 29 heavy (non-hydrogen) atoms. The predicted molar refractivity (Wildman–Crippen MR) is 107 cm³/mol. The lowest BCUT2D eigenvalue weighted by Gasteiger charge is -2.37. The van der Waals surface area contributed by atoms with Gasteiger partial charge in [0.15, 0.2) is 0 Å². The standard InChI is InChI=1S/C21H29FN4O3/c1-15(19(27)24-21(29)23-16-7-3-2-4-8-16)25-11-13-26(14-12-25)20(28)17-9-5-6-10-18(17)22/h5-6,9-10,15-16H,2-4,7-8,11-14H2,1H3,(H2,23,24,27,29). The number of rotatable bonds is 4. The first kappa shape index (κ1) is 21.2. The Bertz CT molecular complexity index is 743. The summed E-state index contributed by atoms with van der Waals surface area (Å²) in [7, 11) is 0. The maximum absolute atomic E-state index is 13.8. The van der Waals surface area contributed by atoms with Crippen LogP contribution < -0.4 is 10.6 Å². The molecule has 1 aliphatic heterocycles. The largest absolute Gasteiger partial charge is 0.336 e. The van der Waals surface area contributed by atoms with Gasteiger partial charge in [-0.3, -0.25) is 19.8 Å². The summed E-state index contributed by atoms with van der Waals surface area (Å²) in [4.78, 5) is 40.5. The predicted octanol–water partition coefficient (Wildman–Crippen LogP) is 2.13. The Kier molecular flexibility index (Phi) is 7.19. The highest BCUT2D eigenvalue weighted by atomic mass is 19.1. The molecule has 0 aromatic heterocycles. The van der Waals surface area contributed by atoms with Crippen LogP contribution in [0.3, 0.4) is 0 Å². The Hall–Kier alpha value is -2.48. The first-order valence-corrected chi connectivity index (χ1v) is 10.3. The summed E-state index contributed by atoms with van der Waals surface area (Å²) in [5.41, 5.74) is 0.0612. The molecule has 2 fully saturated rings. The number of imide groups is 1. The quantitative estimate of drug-likeness (QED) is 0.806. The topological polar surface area (TPSA) is 81.8 Å². The van der Waals surface area contributed by atoms with Crippen LogP contribution in [0.25, 0.3) is 0 Å². The Morgan fingerprint density at radius 3 is 2.34 bits per heavy atom. The number of hydrogen-bond donors (Lipinski definition) is 2. The maximum Gasteiger partial charge on any atom is 0.321 e. The van der Waals surface area contributed by atoms with Gasteiger partial charge in [0.05, 0.1) is 11.6 Å². The van der Waals surface area contributed by atoms with Crippen molar-refractivity contribution in [2.45, 2.75) is 51.1 Å². The summed E-state index contributed by atoms with van der Waals surface area (Å²) in [5.74, 6) is -1.23. The van der Waals surface area contributed by atoms with Gasteiger partial charge in [-0.25, -0.2) is 9.18 Å². The van der Waals surface area contributed by atoms with E-state index in [0.717, 1.165) is 25.7 Å². The van der Waals surface area contributed by atoms with Gasteiger partial charge in [-0.05, 0) is 31.9 Å². The van der Waals surface area contributed by atoms with Gasteiger partial charge in [0.25, 0.3) is 5.91 Å². The zero-order valence-electron chi connectivity index (χ0n) is 16.8. The van der Waals surface area contributed by atoms with Crippen LogP contribution in [-0.2, 0) is 4.79 Å². The second-order valence-corrected chi connectivity index (χ2v) is 7.78. The number of nitrogens with zero attached hydrogens (tertiary/aromatic N) is 2. The second-order valence-electron chi connectivity index (χ2n) is 7.78. The maximum atomic E-state index is 13.8. The van der Waals surface area contributed by atoms with Crippen LogP contribution in [0.2, 0.25) is 0 Å². The van der Waals surface area contributed by atoms with Crippen LogP contribution in [0.5, 0.6) is 0 Å². The minimum atomic E-state index is -0.531. The fraction of sp³-hybridized carbons (Fsp3) is 0.571. The molecular weight excluding hydrogens is 375 g/mol. The summed E-state index contributed by atoms with van der Waals surface area (Å²) < 4.78 is 13.8. The number of carbonyl (C=O) groups excluding carboxylic acids is 3. The van der Waals surface area contributed by atoms with E-state index in [0.29, 0.717) is 26.2 Å². The average Bonchev–Trinajstić information content (AvgIpc) is 2.74. The molecule has 7 nitrogen and oxygen atoms in total. The molecule has 3 rings (SSSR count). The minimum Gasteiger partial charge on any atom is -0.336 e. The van der Waals surface area contributed by atoms with Gasteiger partial charge in [-0.15, -0.1) is 0 Å². The molecule has 0 spiro atoms. The van der Waals surface area contributed by atoms with Crippen LogP contribution in [-0.4, -0.2) is 65.9 Å². The molecule has 8 heteroatoms. The van der Waals surface area contributed by atoms with Crippen LogP contribution in [0.1, 0.15) is 49.4 Å². The van der Waals surface area contributed by atoms with Crippen LogP contribution in [0, 0.1) is 5.82 Å². The van der Waals surface area contributed by atoms with Gasteiger partial charge < -0.3 is 10.2 Å². The Morgan fingerprint density at radius 2 is 1.69 bits per heavy atom. The van der Waals surface area contributed by atoms with Crippen molar-refractivity contribution in [1.29, 1.82) is 0 Å². The van der Waals surface area contributed by atoms with E-state index in [1.54, 1.807) is 24.0 Å². The normalized spacial score (nSPS) is 19.4. The first-order chi connectivity index (χ1) is 14.0. The van der Waals surface area contributed by atoms with Crippen molar-refractivity contribution in [2.24, 2.45) is 0 Å². The van der Waals surface area contributed by atoms with Crippen molar-refractivity contribution in [3.8, 4) is 0 Å². The van der Waals surface area contributed by atoms with Crippen LogP contribution in [0.4, 0.5) is 9.18 Å². The Balaban J connectivity index is 1.46. The summed E-state index contributed by atoms with van der Waals surface area (Å²) >= 11 is 0. The average molecular weight is 404 g/mol. The third kappa shape index (κ3) is 5.53. The summed E-state index contributed by atoms with van der Waals surface area (Å²) in [6.07, 6.45) is 5.31. The second kappa shape index (κ2) is 9.82. The lowest BCUT2D eigenvalue weighted by molar-refractivity contribution is -0.125. The van der Waals surface area contributed by atoms with Crippen molar-refractivity contribution in [2.75, 3.05) is 26.2 Å². The van der Waals surface area contributed by atoms with Gasteiger partial charge in [-0.1, -0.05) is 31.4 Å². The summed E-state index contributed by atoms with van der Waals surface area (Å²) in [6, 6.07) is 5.14. The third-order valence-electron chi connectivity index (χ3n) is 5.81. The molecule has 1 unspecified atom stereocenters. The van der Waals surface area contributed by atoms with E-state index in [-0.39, 0.29) is 23.4 Å². The van der Waals surface area contributed by atoms with Gasteiger partial charge in [0.2, 0.25) is 5.91 Å². The molecule has 158 valence electrons. The number of benzene rings is 1. The third-order valence-corrected chi connectivity index (χ3v) is 5.81. The summed E-state index contributed by atoms with van der Waals surface area (Å²) in [6.45, 7) is 3.52. The van der Waals surface area contributed by atoms with Gasteiger partial charge in [-0.2, -0.15) is 0 Å². The zero-order chi connectivity index (χ0) is 20.8. The molecule has 0 bridgehead atoms. The van der Waals surface area contributed by atoms with Crippen LogP contribution >= 0.6 is 0 Å². The van der Waals surface area contributed by atoms with Gasteiger partial charge in [0.1, 0.15) is 5.82 Å². The molecule has 4 amide bonds. The fourth-order valence-corrected chi connectivity index (χ4v) is 3.97. The van der Waals surface area contributed by atoms with Crippen molar-refractivity contribution in [1.82, 2.24) is 20.4 Å². The number of nitrogens with one attached hydrogen (secondary N) is 2. The van der Waals surface area contributed by atoms with Crippen molar-refractivity contribution in [3.05, 3.63) is 35.6 Å². The van der Waals surface area contributed by atoms with Crippen molar-refractivity contribution in [3.63, 3.8) is 0 Å². The first-order valence-electron chi connectivity index (χ1n) is 10.3. The molecule has 1 atom stereocenters. The number of piperazine rings is 1. The number of hydrogen-bond acceptors (Lipinski definition) is 4. The summed E-state index contributed by atoms with van der Waals surface area (Å²) in [5, 5.41) is 5.31.